The predicted octanol–water partition coefficient (Wildman–Crippen LogP) is 2.77. The van der Waals surface area contributed by atoms with Crippen molar-refractivity contribution in [3.05, 3.63) is 34.3 Å². The zero-order valence-corrected chi connectivity index (χ0v) is 9.34. The summed E-state index contributed by atoms with van der Waals surface area (Å²) < 4.78 is 1.16. The van der Waals surface area contributed by atoms with Crippen molar-refractivity contribution < 1.29 is 0 Å². The molecule has 1 aliphatic heterocycles. The van der Waals surface area contributed by atoms with E-state index in [0.717, 1.165) is 23.5 Å². The van der Waals surface area contributed by atoms with Crippen molar-refractivity contribution in [3.8, 4) is 0 Å². The van der Waals surface area contributed by atoms with Gasteiger partial charge in [0.1, 0.15) is 0 Å². The minimum absolute atomic E-state index is 0.702. The van der Waals surface area contributed by atoms with Crippen LogP contribution >= 0.6 is 15.9 Å². The largest absolute Gasteiger partial charge is 0.316 e. The molecule has 1 saturated heterocycles. The average Bonchev–Trinajstić information content (AvgIpc) is 2.53. The average molecular weight is 240 g/mol. The van der Waals surface area contributed by atoms with Crippen molar-refractivity contribution in [1.82, 2.24) is 5.32 Å². The quantitative estimate of drug-likeness (QED) is 0.795. The molecule has 0 saturated carbocycles. The zero-order valence-electron chi connectivity index (χ0n) is 7.76. The summed E-state index contributed by atoms with van der Waals surface area (Å²) in [6.45, 7) is 4.59. The maximum Gasteiger partial charge on any atom is 0.0175 e. The van der Waals surface area contributed by atoms with Crippen molar-refractivity contribution in [2.45, 2.75) is 12.8 Å². The van der Waals surface area contributed by atoms with E-state index >= 15 is 0 Å². The van der Waals surface area contributed by atoms with Gasteiger partial charge in [-0.3, -0.25) is 0 Å². The van der Waals surface area contributed by atoms with Crippen LogP contribution in [0.1, 0.15) is 18.4 Å². The summed E-state index contributed by atoms with van der Waals surface area (Å²) in [5.41, 5.74) is 1.46. The molecule has 1 fully saturated rings. The van der Waals surface area contributed by atoms with Crippen molar-refractivity contribution in [1.29, 1.82) is 0 Å². The van der Waals surface area contributed by atoms with E-state index in [0.29, 0.717) is 5.92 Å². The molecule has 2 unspecified atom stereocenters. The molecule has 0 spiro atoms. The lowest BCUT2D eigenvalue weighted by molar-refractivity contribution is 0.572. The molecule has 13 heavy (non-hydrogen) atoms. The Bertz CT molecular complexity index is 281. The second-order valence-electron chi connectivity index (χ2n) is 3.79. The van der Waals surface area contributed by atoms with Gasteiger partial charge in [0.2, 0.25) is 0 Å². The van der Waals surface area contributed by atoms with Crippen LogP contribution in [-0.4, -0.2) is 13.1 Å². The zero-order chi connectivity index (χ0) is 9.26. The van der Waals surface area contributed by atoms with Crippen LogP contribution in [-0.2, 0) is 0 Å². The molecule has 70 valence electrons. The first kappa shape index (κ1) is 9.22. The Morgan fingerprint density at radius 2 is 1.92 bits per heavy atom. The van der Waals surface area contributed by atoms with Gasteiger partial charge >= 0.3 is 0 Å². The molecule has 0 bridgehead atoms. The van der Waals surface area contributed by atoms with Gasteiger partial charge in [-0.25, -0.2) is 0 Å². The second-order valence-corrected chi connectivity index (χ2v) is 4.71. The van der Waals surface area contributed by atoms with Gasteiger partial charge in [-0.1, -0.05) is 35.0 Å². The summed E-state index contributed by atoms with van der Waals surface area (Å²) in [5, 5.41) is 3.42. The highest BCUT2D eigenvalue weighted by Crippen LogP contribution is 2.28. The Labute approximate surface area is 87.7 Å². The van der Waals surface area contributed by atoms with Gasteiger partial charge in [0, 0.05) is 16.9 Å². The molecule has 2 heteroatoms. The number of rotatable bonds is 1. The number of halogens is 1. The predicted molar refractivity (Wildman–Crippen MR) is 58.9 cm³/mol. The van der Waals surface area contributed by atoms with Gasteiger partial charge in [-0.2, -0.15) is 0 Å². The Hall–Kier alpha value is -0.340. The summed E-state index contributed by atoms with van der Waals surface area (Å²) in [7, 11) is 0. The van der Waals surface area contributed by atoms with E-state index in [1.807, 2.05) is 0 Å². The first-order chi connectivity index (χ1) is 6.27. The highest BCUT2D eigenvalue weighted by molar-refractivity contribution is 9.10. The molecule has 1 nitrogen and oxygen atoms in total. The molecule has 0 amide bonds. The maximum atomic E-state index is 3.45. The third kappa shape index (κ3) is 1.94. The highest BCUT2D eigenvalue weighted by Gasteiger charge is 2.23. The monoisotopic (exact) mass is 239 g/mol. The number of benzene rings is 1. The molecule has 1 aromatic carbocycles. The summed E-state index contributed by atoms with van der Waals surface area (Å²) >= 11 is 3.45. The van der Waals surface area contributed by atoms with Gasteiger partial charge in [0.05, 0.1) is 0 Å². The standard InChI is InChI=1S/C11H14BrN/c1-8-6-13-7-11(8)9-2-4-10(12)5-3-9/h2-5,8,11,13H,6-7H2,1H3. The van der Waals surface area contributed by atoms with E-state index in [1.165, 1.54) is 5.56 Å². The maximum absolute atomic E-state index is 3.45. The summed E-state index contributed by atoms with van der Waals surface area (Å²) in [5.74, 6) is 1.47. The minimum Gasteiger partial charge on any atom is -0.316 e. The van der Waals surface area contributed by atoms with Gasteiger partial charge in [-0.05, 0) is 30.2 Å². The van der Waals surface area contributed by atoms with Gasteiger partial charge in [0.15, 0.2) is 0 Å². The summed E-state index contributed by atoms with van der Waals surface area (Å²) in [4.78, 5) is 0. The second kappa shape index (κ2) is 3.81. The van der Waals surface area contributed by atoms with Crippen LogP contribution in [0.25, 0.3) is 0 Å². The van der Waals surface area contributed by atoms with Gasteiger partial charge in [0.25, 0.3) is 0 Å². The topological polar surface area (TPSA) is 12.0 Å². The van der Waals surface area contributed by atoms with Gasteiger partial charge < -0.3 is 5.32 Å². The number of nitrogens with one attached hydrogen (secondary N) is 1. The van der Waals surface area contributed by atoms with E-state index in [2.05, 4.69) is 52.4 Å². The van der Waals surface area contributed by atoms with Crippen LogP contribution in [0.4, 0.5) is 0 Å². The minimum atomic E-state index is 0.702. The SMILES string of the molecule is CC1CNCC1c1ccc(Br)cc1. The molecule has 0 aliphatic carbocycles. The molecular formula is C11H14BrN. The van der Waals surface area contributed by atoms with Crippen molar-refractivity contribution in [3.63, 3.8) is 0 Å². The normalized spacial score (nSPS) is 27.8. The van der Waals surface area contributed by atoms with E-state index < -0.39 is 0 Å². The molecule has 0 aromatic heterocycles. The first-order valence-electron chi connectivity index (χ1n) is 4.73. The highest BCUT2D eigenvalue weighted by atomic mass is 79.9. The van der Waals surface area contributed by atoms with E-state index in [9.17, 15) is 0 Å². The van der Waals surface area contributed by atoms with Crippen LogP contribution in [0, 0.1) is 5.92 Å². The molecule has 0 radical (unpaired) electrons. The molecular weight excluding hydrogens is 226 g/mol. The summed E-state index contributed by atoms with van der Waals surface area (Å²) in [6.07, 6.45) is 0. The third-order valence-electron chi connectivity index (χ3n) is 2.82. The lowest BCUT2D eigenvalue weighted by Gasteiger charge is -2.14. The molecule has 2 atom stereocenters. The van der Waals surface area contributed by atoms with Crippen molar-refractivity contribution in [2.75, 3.05) is 13.1 Å². The fraction of sp³-hybridized carbons (Fsp3) is 0.455. The van der Waals surface area contributed by atoms with Crippen molar-refractivity contribution >= 4 is 15.9 Å². The first-order valence-corrected chi connectivity index (χ1v) is 5.53. The number of hydrogen-bond acceptors (Lipinski definition) is 1. The Morgan fingerprint density at radius 1 is 1.23 bits per heavy atom. The van der Waals surface area contributed by atoms with Crippen LogP contribution in [0.5, 0.6) is 0 Å². The van der Waals surface area contributed by atoms with E-state index in [-0.39, 0.29) is 0 Å². The summed E-state index contributed by atoms with van der Waals surface area (Å²) in [6, 6.07) is 8.69. The van der Waals surface area contributed by atoms with Crippen LogP contribution in [0.3, 0.4) is 0 Å². The lowest BCUT2D eigenvalue weighted by atomic mass is 9.90. The molecule has 2 rings (SSSR count). The Morgan fingerprint density at radius 3 is 2.46 bits per heavy atom. The third-order valence-corrected chi connectivity index (χ3v) is 3.34. The fourth-order valence-corrected chi connectivity index (χ4v) is 2.23. The molecule has 1 aliphatic rings. The molecule has 1 N–H and O–H groups in total. The van der Waals surface area contributed by atoms with E-state index in [1.54, 1.807) is 0 Å². The molecule has 1 aromatic rings. The fourth-order valence-electron chi connectivity index (χ4n) is 1.97. The van der Waals surface area contributed by atoms with Crippen molar-refractivity contribution in [2.24, 2.45) is 5.92 Å². The van der Waals surface area contributed by atoms with Crippen LogP contribution in [0.2, 0.25) is 0 Å². The number of hydrogen-bond donors (Lipinski definition) is 1. The van der Waals surface area contributed by atoms with E-state index in [4.69, 9.17) is 0 Å². The Kier molecular flexibility index (Phi) is 2.70. The van der Waals surface area contributed by atoms with Crippen LogP contribution < -0.4 is 5.32 Å². The molecule has 1 heterocycles. The van der Waals surface area contributed by atoms with Crippen LogP contribution in [0.15, 0.2) is 28.7 Å². The smallest absolute Gasteiger partial charge is 0.0175 e. The van der Waals surface area contributed by atoms with Gasteiger partial charge in [-0.15, -0.1) is 0 Å². The lowest BCUT2D eigenvalue weighted by Crippen LogP contribution is -2.07. The Balaban J connectivity index is 2.20.